The number of hydrogen-bond donors (Lipinski definition) is 1. The number of nitrogens with zero attached hydrogens (tertiary/aromatic N) is 2. The molecule has 2 aromatic rings. The highest BCUT2D eigenvalue weighted by Crippen LogP contribution is 2.23. The molecule has 1 atom stereocenters. The van der Waals surface area contributed by atoms with Gasteiger partial charge in [0.05, 0.1) is 21.7 Å². The molecule has 1 unspecified atom stereocenters. The molecule has 0 saturated heterocycles. The molecule has 1 heterocycles. The number of fused-ring (bicyclic) bond motifs is 1. The van der Waals surface area contributed by atoms with Crippen LogP contribution in [0.2, 0.25) is 0 Å². The summed E-state index contributed by atoms with van der Waals surface area (Å²) >= 11 is 6.15. The molecular weight excluding hydrogens is 290 g/mol. The minimum absolute atomic E-state index is 0.144. The molecule has 112 valence electrons. The van der Waals surface area contributed by atoms with Crippen molar-refractivity contribution in [2.75, 3.05) is 0 Å². The van der Waals surface area contributed by atoms with E-state index in [1.165, 1.54) is 4.57 Å². The maximum atomic E-state index is 12.7. The second kappa shape index (κ2) is 5.48. The van der Waals surface area contributed by atoms with E-state index in [4.69, 9.17) is 17.3 Å². The summed E-state index contributed by atoms with van der Waals surface area (Å²) in [5.74, 6) is -0.0366. The number of para-hydroxylation sites is 1. The number of aromatic nitrogens is 2. The summed E-state index contributed by atoms with van der Waals surface area (Å²) in [5.41, 5.74) is 4.92. The van der Waals surface area contributed by atoms with Gasteiger partial charge in [0.2, 0.25) is 5.91 Å². The third kappa shape index (κ3) is 2.93. The second-order valence-electron chi connectivity index (χ2n) is 5.74. The number of rotatable bonds is 4. The Morgan fingerprint density at radius 2 is 2.05 bits per heavy atom. The molecule has 2 rings (SSSR count). The van der Waals surface area contributed by atoms with Crippen molar-refractivity contribution in [3.05, 3.63) is 40.4 Å². The molecule has 1 aromatic carbocycles. The Morgan fingerprint density at radius 1 is 1.43 bits per heavy atom. The first-order valence-electron chi connectivity index (χ1n) is 6.67. The zero-order valence-electron chi connectivity index (χ0n) is 12.3. The largest absolute Gasteiger partial charge is 0.369 e. The fourth-order valence-corrected chi connectivity index (χ4v) is 2.28. The fraction of sp³-hybridized carbons (Fsp3) is 0.400. The molecule has 0 saturated carbocycles. The van der Waals surface area contributed by atoms with E-state index in [9.17, 15) is 9.59 Å². The number of nitrogens with two attached hydrogens (primary N) is 1. The third-order valence-corrected chi connectivity index (χ3v) is 3.66. The van der Waals surface area contributed by atoms with Crippen molar-refractivity contribution >= 4 is 28.4 Å². The van der Waals surface area contributed by atoms with E-state index in [2.05, 4.69) is 4.98 Å². The van der Waals surface area contributed by atoms with Crippen LogP contribution in [0.4, 0.5) is 0 Å². The summed E-state index contributed by atoms with van der Waals surface area (Å²) in [6, 6.07) is 7.07. The normalized spacial score (nSPS) is 13.3. The smallest absolute Gasteiger partial charge is 0.261 e. The van der Waals surface area contributed by atoms with Crippen molar-refractivity contribution in [1.29, 1.82) is 0 Å². The average molecular weight is 308 g/mol. The number of primary amides is 1. The number of alkyl halides is 1. The number of halogens is 1. The Bertz CT molecular complexity index is 750. The highest BCUT2D eigenvalue weighted by molar-refractivity contribution is 6.20. The van der Waals surface area contributed by atoms with Crippen molar-refractivity contribution in [2.45, 2.75) is 32.7 Å². The molecule has 5 nitrogen and oxygen atoms in total. The van der Waals surface area contributed by atoms with Gasteiger partial charge in [0.15, 0.2) is 0 Å². The molecule has 1 aromatic heterocycles. The predicted molar refractivity (Wildman–Crippen MR) is 83.2 cm³/mol. The summed E-state index contributed by atoms with van der Waals surface area (Å²) < 4.78 is 1.45. The van der Waals surface area contributed by atoms with Crippen molar-refractivity contribution in [3.8, 4) is 0 Å². The van der Waals surface area contributed by atoms with Gasteiger partial charge in [0, 0.05) is 6.54 Å². The average Bonchev–Trinajstić information content (AvgIpc) is 2.41. The molecule has 0 radical (unpaired) electrons. The zero-order chi connectivity index (χ0) is 15.8. The molecule has 0 fully saturated rings. The van der Waals surface area contributed by atoms with E-state index in [1.807, 2.05) is 6.07 Å². The van der Waals surface area contributed by atoms with Gasteiger partial charge in [-0.15, -0.1) is 11.6 Å². The van der Waals surface area contributed by atoms with Gasteiger partial charge in [-0.1, -0.05) is 12.1 Å². The van der Waals surface area contributed by atoms with Crippen LogP contribution in [0.5, 0.6) is 0 Å². The van der Waals surface area contributed by atoms with Gasteiger partial charge in [0.25, 0.3) is 5.56 Å². The van der Waals surface area contributed by atoms with Gasteiger partial charge >= 0.3 is 0 Å². The van der Waals surface area contributed by atoms with E-state index in [0.29, 0.717) is 16.7 Å². The highest BCUT2D eigenvalue weighted by Gasteiger charge is 2.28. The topological polar surface area (TPSA) is 78.0 Å². The minimum atomic E-state index is -0.867. The molecule has 0 aliphatic carbocycles. The first-order valence-corrected chi connectivity index (χ1v) is 7.11. The Labute approximate surface area is 127 Å². The third-order valence-electron chi connectivity index (χ3n) is 3.47. The van der Waals surface area contributed by atoms with E-state index >= 15 is 0 Å². The van der Waals surface area contributed by atoms with Gasteiger partial charge < -0.3 is 5.73 Å². The Morgan fingerprint density at radius 3 is 2.62 bits per heavy atom. The van der Waals surface area contributed by atoms with Gasteiger partial charge in [-0.05, 0) is 32.9 Å². The van der Waals surface area contributed by atoms with Crippen LogP contribution in [0, 0.1) is 5.41 Å². The molecule has 0 aliphatic rings. The number of benzene rings is 1. The Kier molecular flexibility index (Phi) is 4.05. The lowest BCUT2D eigenvalue weighted by Crippen LogP contribution is -2.39. The fourth-order valence-electron chi connectivity index (χ4n) is 2.11. The zero-order valence-corrected chi connectivity index (χ0v) is 13.0. The van der Waals surface area contributed by atoms with Crippen LogP contribution in [0.15, 0.2) is 29.1 Å². The summed E-state index contributed by atoms with van der Waals surface area (Å²) in [4.78, 5) is 28.7. The van der Waals surface area contributed by atoms with E-state index in [0.717, 1.165) is 0 Å². The van der Waals surface area contributed by atoms with Crippen molar-refractivity contribution < 1.29 is 4.79 Å². The Balaban J connectivity index is 2.71. The molecular formula is C15H18ClN3O2. The molecule has 0 aliphatic heterocycles. The van der Waals surface area contributed by atoms with E-state index in [1.54, 1.807) is 39.0 Å². The first-order chi connectivity index (χ1) is 9.74. The van der Waals surface area contributed by atoms with Crippen LogP contribution >= 0.6 is 11.6 Å². The standard InChI is InChI=1S/C15H18ClN3O2/c1-9(16)12-18-11-7-5-4-6-10(11)13(20)19(12)8-15(2,3)14(17)21/h4-7,9H,8H2,1-3H3,(H2,17,21). The summed E-state index contributed by atoms with van der Waals surface area (Å²) in [5, 5.41) is 0.0461. The Hall–Kier alpha value is -1.88. The van der Waals surface area contributed by atoms with Gasteiger partial charge in [-0.3, -0.25) is 14.2 Å². The van der Waals surface area contributed by atoms with E-state index < -0.39 is 16.7 Å². The van der Waals surface area contributed by atoms with Crippen LogP contribution in [0.25, 0.3) is 10.9 Å². The maximum absolute atomic E-state index is 12.7. The van der Waals surface area contributed by atoms with Crippen LogP contribution in [0.3, 0.4) is 0 Å². The van der Waals surface area contributed by atoms with Gasteiger partial charge in [0.1, 0.15) is 5.82 Å². The molecule has 2 N–H and O–H groups in total. The lowest BCUT2D eigenvalue weighted by molar-refractivity contribution is -0.126. The van der Waals surface area contributed by atoms with E-state index in [-0.39, 0.29) is 12.1 Å². The van der Waals surface area contributed by atoms with Gasteiger partial charge in [-0.2, -0.15) is 0 Å². The molecule has 21 heavy (non-hydrogen) atoms. The summed E-state index contributed by atoms with van der Waals surface area (Å²) in [7, 11) is 0. The van der Waals surface area contributed by atoms with Crippen molar-refractivity contribution in [2.24, 2.45) is 11.1 Å². The van der Waals surface area contributed by atoms with Crippen LogP contribution in [0.1, 0.15) is 32.0 Å². The van der Waals surface area contributed by atoms with Crippen LogP contribution in [-0.2, 0) is 11.3 Å². The predicted octanol–water partition coefficient (Wildman–Crippen LogP) is 2.21. The maximum Gasteiger partial charge on any atom is 0.261 e. The number of carbonyl (C=O) groups is 1. The number of carbonyl (C=O) groups excluding carboxylic acids is 1. The molecule has 0 spiro atoms. The van der Waals surface area contributed by atoms with Crippen molar-refractivity contribution in [1.82, 2.24) is 9.55 Å². The highest BCUT2D eigenvalue weighted by atomic mass is 35.5. The number of hydrogen-bond acceptors (Lipinski definition) is 3. The quantitative estimate of drug-likeness (QED) is 0.880. The van der Waals surface area contributed by atoms with Crippen LogP contribution in [-0.4, -0.2) is 15.5 Å². The first kappa shape index (κ1) is 15.5. The second-order valence-corrected chi connectivity index (χ2v) is 6.40. The summed E-state index contributed by atoms with van der Waals surface area (Å²) in [6.07, 6.45) is 0. The SMILES string of the molecule is CC(Cl)c1nc2ccccc2c(=O)n1CC(C)(C)C(N)=O. The monoisotopic (exact) mass is 307 g/mol. The van der Waals surface area contributed by atoms with Crippen molar-refractivity contribution in [3.63, 3.8) is 0 Å². The lowest BCUT2D eigenvalue weighted by atomic mass is 9.92. The van der Waals surface area contributed by atoms with Gasteiger partial charge in [-0.25, -0.2) is 4.98 Å². The van der Waals surface area contributed by atoms with Crippen LogP contribution < -0.4 is 11.3 Å². The molecule has 0 bridgehead atoms. The molecule has 6 heteroatoms. The molecule has 1 amide bonds. The lowest BCUT2D eigenvalue weighted by Gasteiger charge is -2.24. The minimum Gasteiger partial charge on any atom is -0.369 e. The summed E-state index contributed by atoms with van der Waals surface area (Å²) in [6.45, 7) is 5.27. The number of amides is 1.